The van der Waals surface area contributed by atoms with Gasteiger partial charge in [0, 0.05) is 0 Å². The van der Waals surface area contributed by atoms with Crippen molar-refractivity contribution >= 4 is 45.8 Å². The molecule has 172 valence electrons. The third kappa shape index (κ3) is 7.94. The number of rotatable bonds is 14. The average molecular weight is 568 g/mol. The van der Waals surface area contributed by atoms with E-state index in [2.05, 4.69) is 136 Å². The topological polar surface area (TPSA) is 0 Å². The molecule has 3 aromatic carbocycles. The normalized spacial score (nSPS) is 12.0. The SMILES string of the molecule is IC=CCCCCC=CCCCCC[P+](c1ccccc1)(c1ccccc1)c1ccccc1. The van der Waals surface area contributed by atoms with Crippen molar-refractivity contribution in [3.8, 4) is 0 Å². The van der Waals surface area contributed by atoms with E-state index in [1.54, 1.807) is 0 Å². The van der Waals surface area contributed by atoms with Crippen LogP contribution in [0.3, 0.4) is 0 Å². The second kappa shape index (κ2) is 15.3. The van der Waals surface area contributed by atoms with Gasteiger partial charge in [-0.3, -0.25) is 0 Å². The van der Waals surface area contributed by atoms with Crippen LogP contribution in [0.4, 0.5) is 0 Å². The smallest absolute Gasteiger partial charge is 0.0885 e. The van der Waals surface area contributed by atoms with E-state index in [0.29, 0.717) is 0 Å². The molecule has 0 atom stereocenters. The summed E-state index contributed by atoms with van der Waals surface area (Å²) in [7, 11) is -1.66. The molecule has 2 heteroatoms. The van der Waals surface area contributed by atoms with Crippen molar-refractivity contribution in [2.75, 3.05) is 6.16 Å². The van der Waals surface area contributed by atoms with Gasteiger partial charge in [0.2, 0.25) is 0 Å². The Morgan fingerprint density at radius 3 is 1.30 bits per heavy atom. The van der Waals surface area contributed by atoms with Gasteiger partial charge in [0.15, 0.2) is 0 Å². The Labute approximate surface area is 215 Å². The van der Waals surface area contributed by atoms with Gasteiger partial charge in [0.05, 0.1) is 6.16 Å². The van der Waals surface area contributed by atoms with Crippen LogP contribution in [0.2, 0.25) is 0 Å². The van der Waals surface area contributed by atoms with E-state index in [9.17, 15) is 0 Å². The number of benzene rings is 3. The number of unbranched alkanes of at least 4 members (excludes halogenated alkanes) is 6. The maximum Gasteiger partial charge on any atom is 0.112 e. The minimum atomic E-state index is -1.66. The molecule has 0 heterocycles. The van der Waals surface area contributed by atoms with E-state index in [1.165, 1.54) is 73.4 Å². The summed E-state index contributed by atoms with van der Waals surface area (Å²) in [4.78, 5) is 0. The number of hydrogen-bond donors (Lipinski definition) is 0. The summed E-state index contributed by atoms with van der Waals surface area (Å²) in [5.74, 6) is 0. The van der Waals surface area contributed by atoms with E-state index >= 15 is 0 Å². The first-order valence-corrected chi connectivity index (χ1v) is 15.5. The predicted molar refractivity (Wildman–Crippen MR) is 159 cm³/mol. The van der Waals surface area contributed by atoms with Crippen molar-refractivity contribution in [2.24, 2.45) is 0 Å². The molecular weight excluding hydrogens is 530 g/mol. The van der Waals surface area contributed by atoms with Gasteiger partial charge in [0.1, 0.15) is 23.2 Å². The van der Waals surface area contributed by atoms with E-state index < -0.39 is 7.26 Å². The Bertz CT molecular complexity index is 851. The first-order chi connectivity index (χ1) is 16.4. The lowest BCUT2D eigenvalue weighted by Crippen LogP contribution is -2.33. The lowest BCUT2D eigenvalue weighted by Gasteiger charge is -2.27. The summed E-state index contributed by atoms with van der Waals surface area (Å²) in [6, 6.07) is 33.8. The van der Waals surface area contributed by atoms with Gasteiger partial charge in [0.25, 0.3) is 0 Å². The van der Waals surface area contributed by atoms with Crippen LogP contribution in [0.25, 0.3) is 0 Å². The third-order valence-corrected chi connectivity index (χ3v) is 11.2. The van der Waals surface area contributed by atoms with E-state index in [4.69, 9.17) is 0 Å². The molecule has 0 nitrogen and oxygen atoms in total. The summed E-state index contributed by atoms with van der Waals surface area (Å²) < 4.78 is 2.12. The molecule has 0 saturated carbocycles. The third-order valence-electron chi connectivity index (χ3n) is 6.20. The summed E-state index contributed by atoms with van der Waals surface area (Å²) >= 11 is 2.30. The van der Waals surface area contributed by atoms with Gasteiger partial charge in [-0.15, -0.1) is 0 Å². The lowest BCUT2D eigenvalue weighted by atomic mass is 10.1. The first-order valence-electron chi connectivity index (χ1n) is 12.3. The Morgan fingerprint density at radius 2 is 0.879 bits per heavy atom. The van der Waals surface area contributed by atoms with Gasteiger partial charge < -0.3 is 0 Å². The molecule has 0 aliphatic rings. The van der Waals surface area contributed by atoms with Crippen LogP contribution in [0.15, 0.2) is 113 Å². The zero-order valence-electron chi connectivity index (χ0n) is 19.7. The van der Waals surface area contributed by atoms with Gasteiger partial charge in [-0.2, -0.15) is 0 Å². The highest BCUT2D eigenvalue weighted by Gasteiger charge is 2.44. The van der Waals surface area contributed by atoms with Crippen LogP contribution < -0.4 is 15.9 Å². The summed E-state index contributed by atoms with van der Waals surface area (Å²) in [5.41, 5.74) is 0. The molecule has 0 aromatic heterocycles. The van der Waals surface area contributed by atoms with Crippen molar-refractivity contribution in [3.05, 3.63) is 113 Å². The highest BCUT2D eigenvalue weighted by molar-refractivity contribution is 14.1. The van der Waals surface area contributed by atoms with Gasteiger partial charge >= 0.3 is 0 Å². The molecule has 0 saturated heterocycles. The Morgan fingerprint density at radius 1 is 0.485 bits per heavy atom. The molecule has 0 unspecified atom stereocenters. The maximum absolute atomic E-state index is 2.40. The van der Waals surface area contributed by atoms with Crippen LogP contribution in [-0.4, -0.2) is 6.16 Å². The standard InChI is InChI=1S/C31H37IP/c32-27-19-8-6-4-2-1-3-5-7-9-20-28-33(29-21-13-10-14-22-29,30-23-15-11-16-24-30)31-25-17-12-18-26-31/h1,3,10-19,21-27H,2,4-9,20,28H2/q+1. The first kappa shape index (κ1) is 25.9. The molecule has 0 aliphatic carbocycles. The van der Waals surface area contributed by atoms with Crippen molar-refractivity contribution in [3.63, 3.8) is 0 Å². The number of hydrogen-bond acceptors (Lipinski definition) is 0. The monoisotopic (exact) mass is 567 g/mol. The molecular formula is C31H37IP+. The zero-order chi connectivity index (χ0) is 23.0. The van der Waals surface area contributed by atoms with Crippen LogP contribution in [0, 0.1) is 0 Å². The van der Waals surface area contributed by atoms with Gasteiger partial charge in [-0.05, 0) is 91.8 Å². The largest absolute Gasteiger partial charge is 0.112 e. The van der Waals surface area contributed by atoms with E-state index in [1.807, 2.05) is 0 Å². The molecule has 0 spiro atoms. The number of allylic oxidation sites excluding steroid dienone is 3. The fraction of sp³-hybridized carbons (Fsp3) is 0.290. The van der Waals surface area contributed by atoms with Crippen LogP contribution in [0.1, 0.15) is 51.4 Å². The molecule has 3 aromatic rings. The van der Waals surface area contributed by atoms with Crippen LogP contribution in [0.5, 0.6) is 0 Å². The Balaban J connectivity index is 1.64. The van der Waals surface area contributed by atoms with Crippen molar-refractivity contribution in [2.45, 2.75) is 51.4 Å². The summed E-state index contributed by atoms with van der Waals surface area (Å²) in [6.07, 6.45) is 18.4. The Hall–Kier alpha value is -1.70. The molecule has 3 rings (SSSR count). The fourth-order valence-electron chi connectivity index (χ4n) is 4.49. The summed E-state index contributed by atoms with van der Waals surface area (Å²) in [6.45, 7) is 0. The van der Waals surface area contributed by atoms with Crippen molar-refractivity contribution < 1.29 is 0 Å². The molecule has 0 radical (unpaired) electrons. The molecule has 0 N–H and O–H groups in total. The Kier molecular flexibility index (Phi) is 12.0. The van der Waals surface area contributed by atoms with Crippen molar-refractivity contribution in [1.82, 2.24) is 0 Å². The van der Waals surface area contributed by atoms with Crippen LogP contribution >= 0.6 is 29.9 Å². The maximum atomic E-state index is 2.40. The minimum absolute atomic E-state index is 1.21. The highest BCUT2D eigenvalue weighted by atomic mass is 127. The molecule has 0 aliphatic heterocycles. The van der Waals surface area contributed by atoms with Gasteiger partial charge in [-0.25, -0.2) is 0 Å². The van der Waals surface area contributed by atoms with E-state index in [-0.39, 0.29) is 0 Å². The second-order valence-corrected chi connectivity index (χ2v) is 12.8. The summed E-state index contributed by atoms with van der Waals surface area (Å²) in [5, 5.41) is 4.50. The number of halogens is 1. The molecule has 0 amide bonds. The van der Waals surface area contributed by atoms with Crippen LogP contribution in [-0.2, 0) is 0 Å². The minimum Gasteiger partial charge on any atom is -0.0885 e. The van der Waals surface area contributed by atoms with E-state index in [0.717, 1.165) is 0 Å². The molecule has 33 heavy (non-hydrogen) atoms. The van der Waals surface area contributed by atoms with Crippen molar-refractivity contribution in [1.29, 1.82) is 0 Å². The zero-order valence-corrected chi connectivity index (χ0v) is 22.7. The van der Waals surface area contributed by atoms with Gasteiger partial charge in [-0.1, -0.05) is 95.4 Å². The average Bonchev–Trinajstić information content (AvgIpc) is 2.89. The predicted octanol–water partition coefficient (Wildman–Crippen LogP) is 8.61. The fourth-order valence-corrected chi connectivity index (χ4v) is 9.26. The quantitative estimate of drug-likeness (QED) is 0.0792. The highest BCUT2D eigenvalue weighted by Crippen LogP contribution is 2.55. The molecule has 0 bridgehead atoms. The molecule has 0 fully saturated rings. The lowest BCUT2D eigenvalue weighted by molar-refractivity contribution is 0.726. The second-order valence-electron chi connectivity index (χ2n) is 8.51.